The summed E-state index contributed by atoms with van der Waals surface area (Å²) in [5, 5.41) is -0.451. The highest BCUT2D eigenvalue weighted by Gasteiger charge is 2.14. The molecule has 0 spiro atoms. The van der Waals surface area contributed by atoms with Crippen LogP contribution in [0.2, 0.25) is 0 Å². The number of benzene rings is 1. The molecule has 13 heavy (non-hydrogen) atoms. The SMILES string of the molecule is CSc1ccccc1C(=O)C(C)Cl. The van der Waals surface area contributed by atoms with E-state index < -0.39 is 5.38 Å². The molecule has 0 saturated carbocycles. The zero-order valence-corrected chi connectivity index (χ0v) is 9.15. The molecule has 0 aliphatic carbocycles. The number of carbonyl (C=O) groups excluding carboxylic acids is 1. The molecule has 1 atom stereocenters. The van der Waals surface area contributed by atoms with Crippen LogP contribution in [-0.4, -0.2) is 17.4 Å². The van der Waals surface area contributed by atoms with Crippen molar-refractivity contribution in [2.75, 3.05) is 6.26 Å². The number of thioether (sulfide) groups is 1. The Morgan fingerprint density at radius 2 is 2.08 bits per heavy atom. The predicted octanol–water partition coefficient (Wildman–Crippen LogP) is 3.22. The highest BCUT2D eigenvalue weighted by atomic mass is 35.5. The Balaban J connectivity index is 3.06. The van der Waals surface area contributed by atoms with Crippen molar-refractivity contribution in [3.05, 3.63) is 29.8 Å². The number of alkyl halides is 1. The number of halogens is 1. The second-order valence-corrected chi connectivity index (χ2v) is 4.18. The van der Waals surface area contributed by atoms with E-state index in [2.05, 4.69) is 0 Å². The van der Waals surface area contributed by atoms with Crippen LogP contribution in [0, 0.1) is 0 Å². The average Bonchev–Trinajstić information content (AvgIpc) is 2.16. The molecule has 70 valence electrons. The van der Waals surface area contributed by atoms with Crippen LogP contribution in [0.25, 0.3) is 0 Å². The van der Waals surface area contributed by atoms with E-state index in [1.54, 1.807) is 18.7 Å². The first-order valence-corrected chi connectivity index (χ1v) is 5.64. The average molecular weight is 215 g/mol. The Morgan fingerprint density at radius 3 is 2.62 bits per heavy atom. The van der Waals surface area contributed by atoms with E-state index in [4.69, 9.17) is 11.6 Å². The molecule has 1 nitrogen and oxygen atoms in total. The number of carbonyl (C=O) groups is 1. The van der Waals surface area contributed by atoms with Gasteiger partial charge in [-0.25, -0.2) is 0 Å². The van der Waals surface area contributed by atoms with E-state index in [0.717, 1.165) is 10.5 Å². The smallest absolute Gasteiger partial charge is 0.181 e. The monoisotopic (exact) mass is 214 g/mol. The lowest BCUT2D eigenvalue weighted by Crippen LogP contribution is -2.11. The molecule has 0 saturated heterocycles. The summed E-state index contributed by atoms with van der Waals surface area (Å²) in [6.45, 7) is 1.70. The molecule has 0 aliphatic rings. The zero-order valence-electron chi connectivity index (χ0n) is 7.58. The van der Waals surface area contributed by atoms with Crippen molar-refractivity contribution in [2.24, 2.45) is 0 Å². The molecular weight excluding hydrogens is 204 g/mol. The van der Waals surface area contributed by atoms with Crippen LogP contribution in [-0.2, 0) is 0 Å². The summed E-state index contributed by atoms with van der Waals surface area (Å²) >= 11 is 7.29. The molecular formula is C10H11ClOS. The minimum atomic E-state index is -0.451. The normalized spacial score (nSPS) is 12.5. The van der Waals surface area contributed by atoms with Crippen molar-refractivity contribution in [3.8, 4) is 0 Å². The lowest BCUT2D eigenvalue weighted by atomic mass is 10.1. The summed E-state index contributed by atoms with van der Waals surface area (Å²) in [6, 6.07) is 7.51. The number of ketones is 1. The fourth-order valence-corrected chi connectivity index (χ4v) is 1.78. The van der Waals surface area contributed by atoms with Crippen LogP contribution in [0.15, 0.2) is 29.2 Å². The first-order valence-electron chi connectivity index (χ1n) is 3.98. The second kappa shape index (κ2) is 4.68. The van der Waals surface area contributed by atoms with Crippen molar-refractivity contribution >= 4 is 29.1 Å². The van der Waals surface area contributed by atoms with E-state index in [1.165, 1.54) is 0 Å². The van der Waals surface area contributed by atoms with Gasteiger partial charge in [0.25, 0.3) is 0 Å². The van der Waals surface area contributed by atoms with Crippen molar-refractivity contribution in [3.63, 3.8) is 0 Å². The van der Waals surface area contributed by atoms with Gasteiger partial charge in [-0.2, -0.15) is 0 Å². The van der Waals surface area contributed by atoms with Crippen LogP contribution < -0.4 is 0 Å². The molecule has 0 bridgehead atoms. The Kier molecular flexibility index (Phi) is 3.82. The Labute approximate surface area is 87.5 Å². The standard InChI is InChI=1S/C10H11ClOS/c1-7(11)10(12)8-5-3-4-6-9(8)13-2/h3-7H,1-2H3. The summed E-state index contributed by atoms with van der Waals surface area (Å²) in [5.41, 5.74) is 0.720. The maximum absolute atomic E-state index is 11.6. The maximum Gasteiger partial charge on any atom is 0.181 e. The summed E-state index contributed by atoms with van der Waals surface area (Å²) in [4.78, 5) is 12.6. The van der Waals surface area contributed by atoms with E-state index >= 15 is 0 Å². The fourth-order valence-electron chi connectivity index (χ4n) is 1.06. The Hall–Kier alpha value is -0.470. The van der Waals surface area contributed by atoms with Crippen molar-refractivity contribution < 1.29 is 4.79 Å². The molecule has 1 rings (SSSR count). The van der Waals surface area contributed by atoms with Crippen molar-refractivity contribution in [1.82, 2.24) is 0 Å². The molecule has 1 aromatic rings. The van der Waals surface area contributed by atoms with Gasteiger partial charge in [0.15, 0.2) is 5.78 Å². The molecule has 0 heterocycles. The Morgan fingerprint density at radius 1 is 1.46 bits per heavy atom. The third kappa shape index (κ3) is 2.48. The van der Waals surface area contributed by atoms with Crippen LogP contribution in [0.4, 0.5) is 0 Å². The summed E-state index contributed by atoms with van der Waals surface area (Å²) < 4.78 is 0. The van der Waals surface area contributed by atoms with E-state index in [1.807, 2.05) is 30.5 Å². The molecule has 0 radical (unpaired) electrons. The number of Topliss-reactive ketones (excluding diaryl/α,β-unsaturated/α-hetero) is 1. The minimum absolute atomic E-state index is 0.00776. The summed E-state index contributed by atoms with van der Waals surface area (Å²) in [6.07, 6.45) is 1.95. The number of rotatable bonds is 3. The fraction of sp³-hybridized carbons (Fsp3) is 0.300. The topological polar surface area (TPSA) is 17.1 Å². The van der Waals surface area contributed by atoms with Gasteiger partial charge in [-0.1, -0.05) is 18.2 Å². The highest BCUT2D eigenvalue weighted by Crippen LogP contribution is 2.22. The van der Waals surface area contributed by atoms with E-state index in [-0.39, 0.29) is 5.78 Å². The van der Waals surface area contributed by atoms with Gasteiger partial charge < -0.3 is 0 Å². The third-order valence-electron chi connectivity index (χ3n) is 1.73. The van der Waals surface area contributed by atoms with Gasteiger partial charge in [0, 0.05) is 10.5 Å². The van der Waals surface area contributed by atoms with Gasteiger partial charge >= 0.3 is 0 Å². The second-order valence-electron chi connectivity index (χ2n) is 2.68. The van der Waals surface area contributed by atoms with Gasteiger partial charge in [-0.15, -0.1) is 23.4 Å². The lowest BCUT2D eigenvalue weighted by Gasteiger charge is -2.06. The van der Waals surface area contributed by atoms with Gasteiger partial charge in [0.2, 0.25) is 0 Å². The summed E-state index contributed by atoms with van der Waals surface area (Å²) in [7, 11) is 0. The molecule has 0 N–H and O–H groups in total. The van der Waals surface area contributed by atoms with Crippen LogP contribution in [0.5, 0.6) is 0 Å². The van der Waals surface area contributed by atoms with Crippen LogP contribution in [0.1, 0.15) is 17.3 Å². The summed E-state index contributed by atoms with van der Waals surface area (Å²) in [5.74, 6) is -0.00776. The molecule has 0 amide bonds. The largest absolute Gasteiger partial charge is 0.292 e. The third-order valence-corrected chi connectivity index (χ3v) is 2.73. The van der Waals surface area contributed by atoms with Gasteiger partial charge in [0.05, 0.1) is 5.38 Å². The predicted molar refractivity (Wildman–Crippen MR) is 57.9 cm³/mol. The van der Waals surface area contributed by atoms with Crippen molar-refractivity contribution in [2.45, 2.75) is 17.2 Å². The molecule has 1 unspecified atom stereocenters. The van der Waals surface area contributed by atoms with Crippen molar-refractivity contribution in [1.29, 1.82) is 0 Å². The van der Waals surface area contributed by atoms with Crippen LogP contribution in [0.3, 0.4) is 0 Å². The first kappa shape index (κ1) is 10.6. The number of hydrogen-bond acceptors (Lipinski definition) is 2. The molecule has 0 aliphatic heterocycles. The number of hydrogen-bond donors (Lipinski definition) is 0. The van der Waals surface area contributed by atoms with Crippen LogP contribution >= 0.6 is 23.4 Å². The lowest BCUT2D eigenvalue weighted by molar-refractivity contribution is 0.0989. The maximum atomic E-state index is 11.6. The van der Waals surface area contributed by atoms with Gasteiger partial charge in [-0.05, 0) is 19.2 Å². The molecule has 3 heteroatoms. The van der Waals surface area contributed by atoms with E-state index in [9.17, 15) is 4.79 Å². The molecule has 0 aromatic heterocycles. The molecule has 0 fully saturated rings. The van der Waals surface area contributed by atoms with Gasteiger partial charge in [-0.3, -0.25) is 4.79 Å². The van der Waals surface area contributed by atoms with E-state index in [0.29, 0.717) is 0 Å². The Bertz CT molecular complexity index is 310. The first-order chi connectivity index (χ1) is 6.16. The zero-order chi connectivity index (χ0) is 9.84. The van der Waals surface area contributed by atoms with Gasteiger partial charge in [0.1, 0.15) is 0 Å². The quantitative estimate of drug-likeness (QED) is 0.437. The highest BCUT2D eigenvalue weighted by molar-refractivity contribution is 7.98. The molecule has 1 aromatic carbocycles. The minimum Gasteiger partial charge on any atom is -0.292 e.